The average molecular weight is 294 g/mol. The molecule has 0 amide bonds. The smallest absolute Gasteiger partial charge is 0.162 e. The summed E-state index contributed by atoms with van der Waals surface area (Å²) in [6.45, 7) is 0. The number of halogens is 2. The lowest BCUT2D eigenvalue weighted by Crippen LogP contribution is -2.47. The van der Waals surface area contributed by atoms with E-state index in [-0.39, 0.29) is 6.04 Å². The van der Waals surface area contributed by atoms with Crippen molar-refractivity contribution in [1.29, 1.82) is 0 Å². The summed E-state index contributed by atoms with van der Waals surface area (Å²) in [7, 11) is 4.15. The molecule has 1 N–H and O–H groups in total. The first-order valence-corrected chi connectivity index (χ1v) is 7.92. The van der Waals surface area contributed by atoms with Crippen LogP contribution in [0.25, 0.3) is 0 Å². The van der Waals surface area contributed by atoms with Gasteiger partial charge in [0.25, 0.3) is 0 Å². The molecule has 1 aromatic rings. The first kappa shape index (κ1) is 14.9. The van der Waals surface area contributed by atoms with Crippen LogP contribution in [0.1, 0.15) is 31.2 Å². The summed E-state index contributed by atoms with van der Waals surface area (Å²) in [6.07, 6.45) is 5.45. The van der Waals surface area contributed by atoms with E-state index in [4.69, 9.17) is 0 Å². The Morgan fingerprint density at radius 2 is 1.90 bits per heavy atom. The minimum absolute atomic E-state index is 0.220. The van der Waals surface area contributed by atoms with Crippen molar-refractivity contribution in [3.63, 3.8) is 0 Å². The molecule has 3 atom stereocenters. The molecular weight excluding hydrogens is 270 g/mol. The van der Waals surface area contributed by atoms with E-state index in [1.54, 1.807) is 12.1 Å². The highest BCUT2D eigenvalue weighted by atomic mass is 19.2. The van der Waals surface area contributed by atoms with Gasteiger partial charge in [0.2, 0.25) is 0 Å². The van der Waals surface area contributed by atoms with Gasteiger partial charge in [0, 0.05) is 18.1 Å². The fourth-order valence-electron chi connectivity index (χ4n) is 4.23. The van der Waals surface area contributed by atoms with Gasteiger partial charge in [0.15, 0.2) is 11.6 Å². The highest BCUT2D eigenvalue weighted by molar-refractivity contribution is 5.20. The molecule has 2 aliphatic heterocycles. The Morgan fingerprint density at radius 3 is 2.52 bits per heavy atom. The third-order valence-electron chi connectivity index (χ3n) is 5.55. The minimum atomic E-state index is -0.745. The molecule has 0 aromatic heterocycles. The van der Waals surface area contributed by atoms with Crippen LogP contribution in [0.5, 0.6) is 0 Å². The van der Waals surface area contributed by atoms with Crippen molar-refractivity contribution in [2.24, 2.45) is 5.92 Å². The number of nitrogens with zero attached hydrogens (tertiary/aromatic N) is 1. The lowest BCUT2D eigenvalue weighted by atomic mass is 9.82. The van der Waals surface area contributed by atoms with Crippen LogP contribution >= 0.6 is 0 Å². The van der Waals surface area contributed by atoms with Gasteiger partial charge in [-0.15, -0.1) is 0 Å². The van der Waals surface area contributed by atoms with E-state index in [1.165, 1.54) is 18.9 Å². The first-order chi connectivity index (χ1) is 10.1. The molecule has 116 valence electrons. The number of hydrogen-bond acceptors (Lipinski definition) is 2. The van der Waals surface area contributed by atoms with Crippen LogP contribution in [0.3, 0.4) is 0 Å². The van der Waals surface area contributed by atoms with Crippen LogP contribution < -0.4 is 5.32 Å². The molecule has 3 rings (SSSR count). The Labute approximate surface area is 125 Å². The van der Waals surface area contributed by atoms with Crippen LogP contribution in [0.2, 0.25) is 0 Å². The summed E-state index contributed by atoms with van der Waals surface area (Å²) in [4.78, 5) is 2.51. The molecule has 2 fully saturated rings. The zero-order valence-electron chi connectivity index (χ0n) is 12.8. The Morgan fingerprint density at radius 1 is 1.24 bits per heavy atom. The van der Waals surface area contributed by atoms with Crippen molar-refractivity contribution < 1.29 is 8.78 Å². The van der Waals surface area contributed by atoms with Gasteiger partial charge < -0.3 is 10.2 Å². The molecule has 0 radical (unpaired) electrons. The molecule has 2 heterocycles. The van der Waals surface area contributed by atoms with Crippen LogP contribution in [-0.4, -0.2) is 37.1 Å². The first-order valence-electron chi connectivity index (χ1n) is 7.92. The van der Waals surface area contributed by atoms with Crippen LogP contribution in [0.15, 0.2) is 18.2 Å². The summed E-state index contributed by atoms with van der Waals surface area (Å²) in [5, 5.41) is 3.34. The van der Waals surface area contributed by atoms with Crippen LogP contribution in [0.4, 0.5) is 8.78 Å². The predicted molar refractivity (Wildman–Crippen MR) is 80.2 cm³/mol. The van der Waals surface area contributed by atoms with Crippen molar-refractivity contribution in [2.75, 3.05) is 14.1 Å². The molecule has 2 bridgehead atoms. The molecule has 4 heteroatoms. The number of fused-ring (bicyclic) bond motifs is 2. The fourth-order valence-corrected chi connectivity index (χ4v) is 4.23. The maximum atomic E-state index is 13.9. The van der Waals surface area contributed by atoms with Gasteiger partial charge in [-0.05, 0) is 63.7 Å². The zero-order chi connectivity index (χ0) is 15.0. The molecule has 21 heavy (non-hydrogen) atoms. The van der Waals surface area contributed by atoms with Gasteiger partial charge in [0.05, 0.1) is 0 Å². The van der Waals surface area contributed by atoms with Crippen molar-refractivity contribution >= 4 is 0 Å². The molecule has 2 nitrogen and oxygen atoms in total. The summed E-state index contributed by atoms with van der Waals surface area (Å²) >= 11 is 0. The topological polar surface area (TPSA) is 15.3 Å². The van der Waals surface area contributed by atoms with E-state index >= 15 is 0 Å². The summed E-state index contributed by atoms with van der Waals surface area (Å²) < 4.78 is 27.2. The molecule has 1 aromatic carbocycles. The summed E-state index contributed by atoms with van der Waals surface area (Å²) in [5.41, 5.74) is 0.487. The minimum Gasteiger partial charge on any atom is -0.316 e. The third-order valence-corrected chi connectivity index (χ3v) is 5.55. The second kappa shape index (κ2) is 6.01. The highest BCUT2D eigenvalue weighted by Gasteiger charge is 2.40. The van der Waals surface area contributed by atoms with E-state index in [0.717, 1.165) is 12.8 Å². The normalized spacial score (nSPS) is 30.6. The standard InChI is InChI=1S/C17H24F2N2/c1-20-16(10-11-4-3-5-15(18)17(11)19)12-8-13-6-7-14(9-12)21(13)2/h3-5,12-14,16,20H,6-10H2,1-2H3. The van der Waals surface area contributed by atoms with Gasteiger partial charge in [0.1, 0.15) is 0 Å². The average Bonchev–Trinajstić information content (AvgIpc) is 2.70. The van der Waals surface area contributed by atoms with Crippen LogP contribution in [0, 0.1) is 17.6 Å². The SMILES string of the molecule is CNC(Cc1cccc(F)c1F)C1CC2CCC(C1)N2C. The Balaban J connectivity index is 1.72. The van der Waals surface area contributed by atoms with Crippen molar-refractivity contribution in [1.82, 2.24) is 10.2 Å². The second-order valence-corrected chi connectivity index (χ2v) is 6.59. The van der Waals surface area contributed by atoms with Crippen molar-refractivity contribution in [2.45, 2.75) is 50.2 Å². The van der Waals surface area contributed by atoms with Crippen molar-refractivity contribution in [3.05, 3.63) is 35.4 Å². The lowest BCUT2D eigenvalue weighted by Gasteiger charge is -2.40. The molecule has 0 saturated carbocycles. The zero-order valence-corrected chi connectivity index (χ0v) is 12.8. The van der Waals surface area contributed by atoms with E-state index in [2.05, 4.69) is 17.3 Å². The Hall–Kier alpha value is -1.00. The Bertz CT molecular complexity index is 492. The van der Waals surface area contributed by atoms with Crippen LogP contribution in [-0.2, 0) is 6.42 Å². The Kier molecular flexibility index (Phi) is 4.27. The molecular formula is C17H24F2N2. The molecule has 2 aliphatic rings. The number of benzene rings is 1. The quantitative estimate of drug-likeness (QED) is 0.918. The third kappa shape index (κ3) is 2.84. The number of rotatable bonds is 4. The van der Waals surface area contributed by atoms with E-state index in [9.17, 15) is 8.78 Å². The van der Waals surface area contributed by atoms with Gasteiger partial charge in [-0.1, -0.05) is 12.1 Å². The van der Waals surface area contributed by atoms with Gasteiger partial charge >= 0.3 is 0 Å². The number of nitrogens with one attached hydrogen (secondary N) is 1. The van der Waals surface area contributed by atoms with Gasteiger partial charge in [-0.25, -0.2) is 8.78 Å². The number of hydrogen-bond donors (Lipinski definition) is 1. The van der Waals surface area contributed by atoms with Gasteiger partial charge in [-0.3, -0.25) is 0 Å². The van der Waals surface area contributed by atoms with Gasteiger partial charge in [-0.2, -0.15) is 0 Å². The van der Waals surface area contributed by atoms with E-state index in [1.807, 2.05) is 7.05 Å². The predicted octanol–water partition coefficient (Wildman–Crippen LogP) is 2.97. The molecule has 3 unspecified atom stereocenters. The fraction of sp³-hybridized carbons (Fsp3) is 0.647. The van der Waals surface area contributed by atoms with E-state index in [0.29, 0.717) is 30.0 Å². The largest absolute Gasteiger partial charge is 0.316 e. The monoisotopic (exact) mass is 294 g/mol. The highest BCUT2D eigenvalue weighted by Crippen LogP contribution is 2.39. The van der Waals surface area contributed by atoms with Crippen molar-refractivity contribution in [3.8, 4) is 0 Å². The lowest BCUT2D eigenvalue weighted by molar-refractivity contribution is 0.114. The second-order valence-electron chi connectivity index (χ2n) is 6.59. The maximum absolute atomic E-state index is 13.9. The molecule has 0 aliphatic carbocycles. The summed E-state index contributed by atoms with van der Waals surface area (Å²) in [6, 6.07) is 6.04. The molecule has 0 spiro atoms. The van der Waals surface area contributed by atoms with E-state index < -0.39 is 11.6 Å². The number of piperidine rings is 1. The summed E-state index contributed by atoms with van der Waals surface area (Å²) in [5.74, 6) is -0.884. The molecule has 2 saturated heterocycles. The maximum Gasteiger partial charge on any atom is 0.162 e. The number of likely N-dealkylation sites (N-methyl/N-ethyl adjacent to an activating group) is 1.